The van der Waals surface area contributed by atoms with Gasteiger partial charge in [-0.1, -0.05) is 42.5 Å². The molecule has 4 rings (SSSR count). The Hall–Kier alpha value is -2.99. The lowest BCUT2D eigenvalue weighted by Gasteiger charge is -2.33. The van der Waals surface area contributed by atoms with E-state index in [1.54, 1.807) is 11.0 Å². The zero-order chi connectivity index (χ0) is 17.1. The Labute approximate surface area is 145 Å². The minimum atomic E-state index is -0.0996. The van der Waals surface area contributed by atoms with E-state index in [0.29, 0.717) is 25.3 Å². The molecule has 1 aromatic heterocycles. The van der Waals surface area contributed by atoms with Crippen LogP contribution in [0.5, 0.6) is 0 Å². The predicted molar refractivity (Wildman–Crippen MR) is 92.4 cm³/mol. The van der Waals surface area contributed by atoms with Gasteiger partial charge in [0.15, 0.2) is 0 Å². The zero-order valence-electron chi connectivity index (χ0n) is 13.7. The van der Waals surface area contributed by atoms with Gasteiger partial charge in [0.25, 0.3) is 5.91 Å². The van der Waals surface area contributed by atoms with E-state index in [9.17, 15) is 4.79 Å². The lowest BCUT2D eigenvalue weighted by Crippen LogP contribution is -2.42. The molecule has 1 unspecified atom stereocenters. The Bertz CT molecular complexity index is 849. The van der Waals surface area contributed by atoms with E-state index in [4.69, 9.17) is 4.74 Å². The molecule has 25 heavy (non-hydrogen) atoms. The van der Waals surface area contributed by atoms with E-state index in [1.807, 2.05) is 59.5 Å². The number of morpholine rings is 1. The highest BCUT2D eigenvalue weighted by Crippen LogP contribution is 2.24. The number of carbonyl (C=O) groups excluding carboxylic acids is 1. The summed E-state index contributed by atoms with van der Waals surface area (Å²) in [6.07, 6.45) is 2.96. The number of aromatic nitrogens is 3. The summed E-state index contributed by atoms with van der Waals surface area (Å²) in [5.41, 5.74) is 2.43. The van der Waals surface area contributed by atoms with E-state index >= 15 is 0 Å². The molecule has 1 atom stereocenters. The molecule has 0 aliphatic carbocycles. The number of amides is 1. The van der Waals surface area contributed by atoms with Crippen molar-refractivity contribution >= 4 is 5.91 Å². The van der Waals surface area contributed by atoms with Crippen molar-refractivity contribution in [2.24, 2.45) is 0 Å². The van der Waals surface area contributed by atoms with Gasteiger partial charge in [0.2, 0.25) is 0 Å². The highest BCUT2D eigenvalue weighted by Gasteiger charge is 2.27. The quantitative estimate of drug-likeness (QED) is 0.738. The van der Waals surface area contributed by atoms with Crippen LogP contribution >= 0.6 is 0 Å². The number of hydrogen-bond donors (Lipinski definition) is 0. The van der Waals surface area contributed by atoms with Crippen LogP contribution in [0.15, 0.2) is 67.3 Å². The van der Waals surface area contributed by atoms with Gasteiger partial charge < -0.3 is 9.64 Å². The van der Waals surface area contributed by atoms with Crippen molar-refractivity contribution < 1.29 is 9.53 Å². The number of hydrogen-bond acceptors (Lipinski definition) is 4. The largest absolute Gasteiger partial charge is 0.370 e. The van der Waals surface area contributed by atoms with Gasteiger partial charge in [0, 0.05) is 6.54 Å². The van der Waals surface area contributed by atoms with E-state index in [1.165, 1.54) is 6.33 Å². The summed E-state index contributed by atoms with van der Waals surface area (Å²) < 4.78 is 7.47. The molecule has 126 valence electrons. The second-order valence-electron chi connectivity index (χ2n) is 5.88. The molecule has 0 radical (unpaired) electrons. The molecule has 1 amide bonds. The molecule has 6 heteroatoms. The van der Waals surface area contributed by atoms with E-state index in [2.05, 4.69) is 10.1 Å². The molecular weight excluding hydrogens is 316 g/mol. The van der Waals surface area contributed by atoms with Crippen molar-refractivity contribution in [3.05, 3.63) is 78.4 Å². The lowest BCUT2D eigenvalue weighted by atomic mass is 10.1. The number of para-hydroxylation sites is 1. The molecule has 1 saturated heterocycles. The first-order valence-electron chi connectivity index (χ1n) is 8.23. The van der Waals surface area contributed by atoms with Crippen molar-refractivity contribution in [1.82, 2.24) is 19.7 Å². The molecule has 0 N–H and O–H groups in total. The van der Waals surface area contributed by atoms with Crippen LogP contribution in [0.4, 0.5) is 0 Å². The molecule has 6 nitrogen and oxygen atoms in total. The van der Waals surface area contributed by atoms with Crippen LogP contribution in [0.2, 0.25) is 0 Å². The van der Waals surface area contributed by atoms with Crippen LogP contribution in [-0.2, 0) is 4.74 Å². The van der Waals surface area contributed by atoms with Gasteiger partial charge in [0.05, 0.1) is 24.4 Å². The van der Waals surface area contributed by atoms with Crippen LogP contribution < -0.4 is 0 Å². The minimum Gasteiger partial charge on any atom is -0.370 e. The predicted octanol–water partition coefficient (Wildman–Crippen LogP) is 2.48. The van der Waals surface area contributed by atoms with Gasteiger partial charge in [-0.05, 0) is 17.7 Å². The Morgan fingerprint density at radius 1 is 1.08 bits per heavy atom. The van der Waals surface area contributed by atoms with Gasteiger partial charge in [0.1, 0.15) is 18.8 Å². The first-order valence-corrected chi connectivity index (χ1v) is 8.23. The average Bonchev–Trinajstić information content (AvgIpc) is 3.23. The summed E-state index contributed by atoms with van der Waals surface area (Å²) in [7, 11) is 0. The minimum absolute atomic E-state index is 0.0182. The Kier molecular flexibility index (Phi) is 4.26. The summed E-state index contributed by atoms with van der Waals surface area (Å²) in [4.78, 5) is 18.9. The summed E-state index contributed by atoms with van der Waals surface area (Å²) in [6.45, 7) is 1.64. The van der Waals surface area contributed by atoms with Crippen LogP contribution in [0.3, 0.4) is 0 Å². The zero-order valence-corrected chi connectivity index (χ0v) is 13.7. The van der Waals surface area contributed by atoms with E-state index in [-0.39, 0.29) is 12.0 Å². The van der Waals surface area contributed by atoms with Crippen LogP contribution in [0.25, 0.3) is 5.69 Å². The van der Waals surface area contributed by atoms with Crippen LogP contribution in [0.1, 0.15) is 22.0 Å². The molecule has 1 aliphatic heterocycles. The molecule has 0 bridgehead atoms. The van der Waals surface area contributed by atoms with Crippen LogP contribution in [0, 0.1) is 0 Å². The standard InChI is InChI=1S/C19H18N4O2/c24-19(16-8-4-5-9-17(16)23-14-20-13-21-23)22-10-11-25-18(12-22)15-6-2-1-3-7-15/h1-9,13-14,18H,10-12H2. The first-order chi connectivity index (χ1) is 12.3. The van der Waals surface area contributed by atoms with Gasteiger partial charge in [-0.3, -0.25) is 4.79 Å². The Morgan fingerprint density at radius 2 is 1.88 bits per heavy atom. The normalized spacial score (nSPS) is 17.4. The van der Waals surface area contributed by atoms with Crippen LogP contribution in [-0.4, -0.2) is 45.3 Å². The molecule has 1 fully saturated rings. The third-order valence-electron chi connectivity index (χ3n) is 4.33. The maximum atomic E-state index is 13.1. The van der Waals surface area contributed by atoms with Crippen molar-refractivity contribution in [2.75, 3.05) is 19.7 Å². The molecule has 1 aliphatic rings. The summed E-state index contributed by atoms with van der Waals surface area (Å²) in [5.74, 6) is -0.0182. The molecule has 2 aromatic carbocycles. The van der Waals surface area contributed by atoms with Crippen molar-refractivity contribution in [3.63, 3.8) is 0 Å². The van der Waals surface area contributed by atoms with E-state index < -0.39 is 0 Å². The van der Waals surface area contributed by atoms with Gasteiger partial charge in [-0.15, -0.1) is 0 Å². The highest BCUT2D eigenvalue weighted by molar-refractivity contribution is 5.97. The number of carbonyl (C=O) groups is 1. The molecule has 0 saturated carbocycles. The topological polar surface area (TPSA) is 60.2 Å². The maximum Gasteiger partial charge on any atom is 0.256 e. The van der Waals surface area contributed by atoms with Gasteiger partial charge >= 0.3 is 0 Å². The number of rotatable bonds is 3. The smallest absolute Gasteiger partial charge is 0.256 e. The van der Waals surface area contributed by atoms with Crippen molar-refractivity contribution in [3.8, 4) is 5.69 Å². The SMILES string of the molecule is O=C(c1ccccc1-n1cncn1)N1CCOC(c2ccccc2)C1. The third-order valence-corrected chi connectivity index (χ3v) is 4.33. The molecule has 0 spiro atoms. The maximum absolute atomic E-state index is 13.1. The Balaban J connectivity index is 1.59. The number of benzene rings is 2. The lowest BCUT2D eigenvalue weighted by molar-refractivity contribution is -0.0228. The monoisotopic (exact) mass is 334 g/mol. The average molecular weight is 334 g/mol. The Morgan fingerprint density at radius 3 is 2.68 bits per heavy atom. The second-order valence-corrected chi connectivity index (χ2v) is 5.88. The first kappa shape index (κ1) is 15.5. The summed E-state index contributed by atoms with van der Waals surface area (Å²) in [6, 6.07) is 17.5. The molecule has 3 aromatic rings. The molecular formula is C19H18N4O2. The summed E-state index contributed by atoms with van der Waals surface area (Å²) >= 11 is 0. The second kappa shape index (κ2) is 6.86. The van der Waals surface area contributed by atoms with Gasteiger partial charge in [-0.25, -0.2) is 9.67 Å². The number of ether oxygens (including phenoxy) is 1. The fraction of sp³-hybridized carbons (Fsp3) is 0.211. The fourth-order valence-electron chi connectivity index (χ4n) is 3.06. The number of nitrogens with zero attached hydrogens (tertiary/aromatic N) is 4. The highest BCUT2D eigenvalue weighted by atomic mass is 16.5. The van der Waals surface area contributed by atoms with Crippen molar-refractivity contribution in [1.29, 1.82) is 0 Å². The third kappa shape index (κ3) is 3.16. The van der Waals surface area contributed by atoms with Crippen molar-refractivity contribution in [2.45, 2.75) is 6.10 Å². The summed E-state index contributed by atoms with van der Waals surface area (Å²) in [5, 5.41) is 4.15. The van der Waals surface area contributed by atoms with E-state index in [0.717, 1.165) is 11.3 Å². The fourth-order valence-corrected chi connectivity index (χ4v) is 3.06. The van der Waals surface area contributed by atoms with Gasteiger partial charge in [-0.2, -0.15) is 5.10 Å². The molecule has 2 heterocycles.